The SMILES string of the molecule is COCc1ccc(-c2nnc(C(F)F)o2)cn1. The number of halogens is 2. The Balaban J connectivity index is 2.21. The van der Waals surface area contributed by atoms with Crippen molar-refractivity contribution in [3.63, 3.8) is 0 Å². The molecule has 90 valence electrons. The van der Waals surface area contributed by atoms with E-state index in [9.17, 15) is 8.78 Å². The van der Waals surface area contributed by atoms with Crippen molar-refractivity contribution in [1.29, 1.82) is 0 Å². The van der Waals surface area contributed by atoms with E-state index in [0.717, 1.165) is 5.69 Å². The molecule has 0 spiro atoms. The zero-order chi connectivity index (χ0) is 12.3. The van der Waals surface area contributed by atoms with Crippen LogP contribution < -0.4 is 0 Å². The Kier molecular flexibility index (Phi) is 3.38. The summed E-state index contributed by atoms with van der Waals surface area (Å²) in [7, 11) is 1.56. The van der Waals surface area contributed by atoms with Gasteiger partial charge in [0.15, 0.2) is 0 Å². The normalized spacial score (nSPS) is 11.1. The fourth-order valence-electron chi connectivity index (χ4n) is 1.22. The molecular formula is C10H9F2N3O2. The average molecular weight is 241 g/mol. The molecule has 0 radical (unpaired) electrons. The molecule has 2 rings (SSSR count). The van der Waals surface area contributed by atoms with E-state index < -0.39 is 12.3 Å². The van der Waals surface area contributed by atoms with Gasteiger partial charge in [-0.3, -0.25) is 4.98 Å². The summed E-state index contributed by atoms with van der Waals surface area (Å²) in [6.45, 7) is 0.381. The molecular weight excluding hydrogens is 232 g/mol. The maximum atomic E-state index is 12.2. The molecule has 17 heavy (non-hydrogen) atoms. The fourth-order valence-corrected chi connectivity index (χ4v) is 1.22. The first-order valence-electron chi connectivity index (χ1n) is 4.76. The topological polar surface area (TPSA) is 61.0 Å². The number of rotatable bonds is 4. The number of aromatic nitrogens is 3. The molecule has 0 bridgehead atoms. The molecule has 0 saturated heterocycles. The number of methoxy groups -OCH3 is 1. The summed E-state index contributed by atoms with van der Waals surface area (Å²) < 4.78 is 34.1. The lowest BCUT2D eigenvalue weighted by Crippen LogP contribution is -1.91. The minimum absolute atomic E-state index is 0.0248. The van der Waals surface area contributed by atoms with Gasteiger partial charge >= 0.3 is 6.43 Å². The van der Waals surface area contributed by atoms with E-state index in [-0.39, 0.29) is 5.89 Å². The quantitative estimate of drug-likeness (QED) is 0.821. The maximum absolute atomic E-state index is 12.2. The minimum atomic E-state index is -2.77. The van der Waals surface area contributed by atoms with Crippen molar-refractivity contribution in [3.05, 3.63) is 29.9 Å². The molecule has 0 atom stereocenters. The maximum Gasteiger partial charge on any atom is 0.314 e. The van der Waals surface area contributed by atoms with Crippen molar-refractivity contribution in [2.45, 2.75) is 13.0 Å². The largest absolute Gasteiger partial charge is 0.415 e. The van der Waals surface area contributed by atoms with Crippen LogP contribution in [0.1, 0.15) is 18.0 Å². The zero-order valence-electron chi connectivity index (χ0n) is 8.93. The molecule has 0 aliphatic carbocycles. The Hall–Kier alpha value is -1.89. The van der Waals surface area contributed by atoms with E-state index in [1.165, 1.54) is 6.20 Å². The second-order valence-corrected chi connectivity index (χ2v) is 3.22. The first kappa shape index (κ1) is 11.6. The lowest BCUT2D eigenvalue weighted by Gasteiger charge is -1.98. The van der Waals surface area contributed by atoms with Crippen molar-refractivity contribution in [3.8, 4) is 11.5 Å². The van der Waals surface area contributed by atoms with Crippen LogP contribution in [-0.2, 0) is 11.3 Å². The Bertz CT molecular complexity index is 485. The van der Waals surface area contributed by atoms with Gasteiger partial charge < -0.3 is 9.15 Å². The Morgan fingerprint density at radius 2 is 2.18 bits per heavy atom. The van der Waals surface area contributed by atoms with E-state index in [2.05, 4.69) is 15.2 Å². The van der Waals surface area contributed by atoms with Crippen molar-refractivity contribution in [2.24, 2.45) is 0 Å². The van der Waals surface area contributed by atoms with Gasteiger partial charge in [-0.25, -0.2) is 0 Å². The summed E-state index contributed by atoms with van der Waals surface area (Å²) in [5, 5.41) is 6.75. The summed E-state index contributed by atoms with van der Waals surface area (Å²) in [4.78, 5) is 4.06. The third-order valence-electron chi connectivity index (χ3n) is 1.99. The number of nitrogens with zero attached hydrogens (tertiary/aromatic N) is 3. The summed E-state index contributed by atoms with van der Waals surface area (Å²) in [6, 6.07) is 3.36. The van der Waals surface area contributed by atoms with Gasteiger partial charge in [0.05, 0.1) is 17.9 Å². The van der Waals surface area contributed by atoms with Crippen LogP contribution in [0.4, 0.5) is 8.78 Å². The molecule has 0 unspecified atom stereocenters. The molecule has 5 nitrogen and oxygen atoms in total. The summed E-state index contributed by atoms with van der Waals surface area (Å²) in [6.07, 6.45) is -1.30. The number of ether oxygens (including phenoxy) is 1. The van der Waals surface area contributed by atoms with Gasteiger partial charge in [-0.05, 0) is 12.1 Å². The van der Waals surface area contributed by atoms with Gasteiger partial charge in [-0.15, -0.1) is 10.2 Å². The van der Waals surface area contributed by atoms with Crippen molar-refractivity contribution in [2.75, 3.05) is 7.11 Å². The van der Waals surface area contributed by atoms with E-state index in [0.29, 0.717) is 12.2 Å². The number of hydrogen-bond acceptors (Lipinski definition) is 5. The zero-order valence-corrected chi connectivity index (χ0v) is 8.93. The third-order valence-corrected chi connectivity index (χ3v) is 1.99. The van der Waals surface area contributed by atoms with Gasteiger partial charge in [-0.2, -0.15) is 8.78 Å². The van der Waals surface area contributed by atoms with E-state index >= 15 is 0 Å². The average Bonchev–Trinajstić information content (AvgIpc) is 2.80. The third kappa shape index (κ3) is 2.62. The standard InChI is InChI=1S/C10H9F2N3O2/c1-16-5-7-3-2-6(4-13-7)9-14-15-10(17-9)8(11)12/h2-4,8H,5H2,1H3. The second kappa shape index (κ2) is 4.96. The predicted octanol–water partition coefficient (Wildman–Crippen LogP) is 2.22. The number of alkyl halides is 2. The number of pyridine rings is 1. The Morgan fingerprint density at radius 1 is 1.35 bits per heavy atom. The monoisotopic (exact) mass is 241 g/mol. The van der Waals surface area contributed by atoms with Crippen molar-refractivity contribution in [1.82, 2.24) is 15.2 Å². The summed E-state index contributed by atoms with van der Waals surface area (Å²) in [5.74, 6) is -0.669. The van der Waals surface area contributed by atoms with Crippen LogP contribution in [0.2, 0.25) is 0 Å². The summed E-state index contributed by atoms with van der Waals surface area (Å²) in [5.41, 5.74) is 1.22. The lowest BCUT2D eigenvalue weighted by atomic mass is 10.2. The van der Waals surface area contributed by atoms with Gasteiger partial charge in [0.1, 0.15) is 0 Å². The lowest BCUT2D eigenvalue weighted by molar-refractivity contribution is 0.116. The molecule has 2 aromatic heterocycles. The smallest absolute Gasteiger partial charge is 0.314 e. The van der Waals surface area contributed by atoms with Gasteiger partial charge in [-0.1, -0.05) is 0 Å². The van der Waals surface area contributed by atoms with E-state index in [1.807, 2.05) is 0 Å². The number of hydrogen-bond donors (Lipinski definition) is 0. The van der Waals surface area contributed by atoms with Crippen molar-refractivity contribution >= 4 is 0 Å². The Morgan fingerprint density at radius 3 is 2.71 bits per heavy atom. The molecule has 0 aromatic carbocycles. The van der Waals surface area contributed by atoms with Crippen LogP contribution in [0.25, 0.3) is 11.5 Å². The van der Waals surface area contributed by atoms with Crippen LogP contribution in [0.3, 0.4) is 0 Å². The van der Waals surface area contributed by atoms with Crippen LogP contribution in [-0.4, -0.2) is 22.3 Å². The predicted molar refractivity (Wildman–Crippen MR) is 53.2 cm³/mol. The first-order valence-corrected chi connectivity index (χ1v) is 4.76. The fraction of sp³-hybridized carbons (Fsp3) is 0.300. The molecule has 0 N–H and O–H groups in total. The highest BCUT2D eigenvalue weighted by atomic mass is 19.3. The van der Waals surface area contributed by atoms with Crippen LogP contribution >= 0.6 is 0 Å². The molecule has 2 heterocycles. The second-order valence-electron chi connectivity index (χ2n) is 3.22. The van der Waals surface area contributed by atoms with Gasteiger partial charge in [0, 0.05) is 13.3 Å². The highest BCUT2D eigenvalue weighted by Gasteiger charge is 2.16. The van der Waals surface area contributed by atoms with E-state index in [4.69, 9.17) is 9.15 Å². The highest BCUT2D eigenvalue weighted by Crippen LogP contribution is 2.22. The molecule has 0 fully saturated rings. The van der Waals surface area contributed by atoms with Crippen molar-refractivity contribution < 1.29 is 17.9 Å². The molecule has 0 aliphatic rings. The first-order chi connectivity index (χ1) is 8.20. The molecule has 0 amide bonds. The van der Waals surface area contributed by atoms with Crippen LogP contribution in [0.5, 0.6) is 0 Å². The Labute approximate surface area is 95.4 Å². The minimum Gasteiger partial charge on any atom is -0.415 e. The molecule has 7 heteroatoms. The van der Waals surface area contributed by atoms with Gasteiger partial charge in [0.2, 0.25) is 5.89 Å². The van der Waals surface area contributed by atoms with Crippen LogP contribution in [0, 0.1) is 0 Å². The summed E-state index contributed by atoms with van der Waals surface area (Å²) >= 11 is 0. The highest BCUT2D eigenvalue weighted by molar-refractivity contribution is 5.50. The van der Waals surface area contributed by atoms with Gasteiger partial charge in [0.25, 0.3) is 5.89 Å². The van der Waals surface area contributed by atoms with Crippen LogP contribution in [0.15, 0.2) is 22.7 Å². The molecule has 0 aliphatic heterocycles. The van der Waals surface area contributed by atoms with E-state index in [1.54, 1.807) is 19.2 Å². The molecule has 2 aromatic rings. The molecule has 0 saturated carbocycles.